The van der Waals surface area contributed by atoms with Crippen molar-refractivity contribution in [3.63, 3.8) is 0 Å². The minimum absolute atomic E-state index is 0.263. The van der Waals surface area contributed by atoms with Crippen LogP contribution in [0.3, 0.4) is 0 Å². The summed E-state index contributed by atoms with van der Waals surface area (Å²) in [7, 11) is 2.07. The number of hydrogen-bond acceptors (Lipinski definition) is 3. The molecule has 0 amide bonds. The van der Waals surface area contributed by atoms with Gasteiger partial charge in [-0.3, -0.25) is 9.58 Å². The fraction of sp³-hybridized carbons (Fsp3) is 0.812. The van der Waals surface area contributed by atoms with E-state index in [4.69, 9.17) is 0 Å². The van der Waals surface area contributed by atoms with Crippen LogP contribution in [0.25, 0.3) is 0 Å². The van der Waals surface area contributed by atoms with Gasteiger partial charge >= 0.3 is 0 Å². The molecule has 0 radical (unpaired) electrons. The van der Waals surface area contributed by atoms with Gasteiger partial charge in [0, 0.05) is 38.3 Å². The van der Waals surface area contributed by atoms with Gasteiger partial charge in [0.1, 0.15) is 0 Å². The molecule has 0 bridgehead atoms. The van der Waals surface area contributed by atoms with E-state index in [1.807, 2.05) is 4.68 Å². The van der Waals surface area contributed by atoms with Gasteiger partial charge in [0.05, 0.1) is 11.4 Å². The Bertz CT molecular complexity index is 477. The predicted octanol–water partition coefficient (Wildman–Crippen LogP) is 2.08. The fourth-order valence-electron chi connectivity index (χ4n) is 3.48. The molecule has 1 aliphatic heterocycles. The van der Waals surface area contributed by atoms with Crippen molar-refractivity contribution >= 4 is 0 Å². The standard InChI is InChI=1S/C16H28N4/c1-5-16(3)11-20(15(9-17-16)13-6-7-13)10-14-8-12(2)18-19(14)4/h8,13,15,17H,5-7,9-11H2,1-4H3. The van der Waals surface area contributed by atoms with Crippen LogP contribution in [0.4, 0.5) is 0 Å². The summed E-state index contributed by atoms with van der Waals surface area (Å²) in [6.07, 6.45) is 4.01. The van der Waals surface area contributed by atoms with E-state index >= 15 is 0 Å². The number of aryl methyl sites for hydroxylation is 2. The highest BCUT2D eigenvalue weighted by Crippen LogP contribution is 2.38. The molecule has 0 aromatic carbocycles. The first-order valence-electron chi connectivity index (χ1n) is 7.99. The minimum atomic E-state index is 0.263. The number of aromatic nitrogens is 2. The van der Waals surface area contributed by atoms with Crippen LogP contribution in [0.15, 0.2) is 6.07 Å². The molecule has 1 saturated carbocycles. The molecule has 112 valence electrons. The molecule has 2 atom stereocenters. The maximum Gasteiger partial charge on any atom is 0.0597 e. The Labute approximate surface area is 122 Å². The number of piperazine rings is 1. The van der Waals surface area contributed by atoms with Crippen molar-refractivity contribution in [3.05, 3.63) is 17.5 Å². The normalized spacial score (nSPS) is 31.7. The zero-order chi connectivity index (χ0) is 14.3. The molecule has 3 rings (SSSR count). The monoisotopic (exact) mass is 276 g/mol. The quantitative estimate of drug-likeness (QED) is 0.914. The van der Waals surface area contributed by atoms with Crippen LogP contribution in [0.1, 0.15) is 44.5 Å². The Morgan fingerprint density at radius 3 is 2.75 bits per heavy atom. The van der Waals surface area contributed by atoms with Crippen LogP contribution < -0.4 is 5.32 Å². The van der Waals surface area contributed by atoms with Crippen molar-refractivity contribution in [2.45, 2.75) is 58.2 Å². The van der Waals surface area contributed by atoms with E-state index < -0.39 is 0 Å². The zero-order valence-electron chi connectivity index (χ0n) is 13.3. The Kier molecular flexibility index (Phi) is 3.63. The summed E-state index contributed by atoms with van der Waals surface area (Å²) in [5.74, 6) is 0.915. The van der Waals surface area contributed by atoms with E-state index in [0.29, 0.717) is 6.04 Å². The SMILES string of the molecule is CCC1(C)CN(Cc2cc(C)nn2C)C(C2CC2)CN1. The van der Waals surface area contributed by atoms with E-state index in [9.17, 15) is 0 Å². The minimum Gasteiger partial charge on any atom is -0.309 e. The summed E-state index contributed by atoms with van der Waals surface area (Å²) >= 11 is 0. The predicted molar refractivity (Wildman–Crippen MR) is 81.6 cm³/mol. The lowest BCUT2D eigenvalue weighted by molar-refractivity contribution is 0.0642. The molecule has 1 aromatic heterocycles. The summed E-state index contributed by atoms with van der Waals surface area (Å²) in [6, 6.07) is 2.94. The lowest BCUT2D eigenvalue weighted by atomic mass is 9.92. The first-order chi connectivity index (χ1) is 9.50. The molecule has 2 heterocycles. The largest absolute Gasteiger partial charge is 0.309 e. The van der Waals surface area contributed by atoms with Gasteiger partial charge in [-0.25, -0.2) is 0 Å². The molecule has 1 aliphatic carbocycles. The second-order valence-corrected chi connectivity index (χ2v) is 7.01. The molecule has 1 N–H and O–H groups in total. The third kappa shape index (κ3) is 2.77. The van der Waals surface area contributed by atoms with E-state index in [2.05, 4.69) is 49.2 Å². The van der Waals surface area contributed by atoms with Crippen molar-refractivity contribution in [2.24, 2.45) is 13.0 Å². The summed E-state index contributed by atoms with van der Waals surface area (Å²) in [5.41, 5.74) is 2.73. The number of hydrogen-bond donors (Lipinski definition) is 1. The average Bonchev–Trinajstić information content (AvgIpc) is 3.17. The van der Waals surface area contributed by atoms with Crippen molar-refractivity contribution in [1.82, 2.24) is 20.0 Å². The van der Waals surface area contributed by atoms with Crippen molar-refractivity contribution < 1.29 is 0 Å². The summed E-state index contributed by atoms with van der Waals surface area (Å²) in [4.78, 5) is 2.70. The van der Waals surface area contributed by atoms with E-state index in [0.717, 1.165) is 31.2 Å². The molecule has 0 spiro atoms. The van der Waals surface area contributed by atoms with Gasteiger partial charge < -0.3 is 5.32 Å². The smallest absolute Gasteiger partial charge is 0.0597 e. The first kappa shape index (κ1) is 14.1. The molecule has 20 heavy (non-hydrogen) atoms. The Morgan fingerprint density at radius 1 is 1.45 bits per heavy atom. The third-order valence-electron chi connectivity index (χ3n) is 5.17. The second kappa shape index (κ2) is 5.15. The first-order valence-corrected chi connectivity index (χ1v) is 7.99. The lowest BCUT2D eigenvalue weighted by Crippen LogP contribution is -2.63. The fourth-order valence-corrected chi connectivity index (χ4v) is 3.48. The topological polar surface area (TPSA) is 33.1 Å². The highest BCUT2D eigenvalue weighted by molar-refractivity contribution is 5.10. The van der Waals surface area contributed by atoms with Gasteiger partial charge in [-0.05, 0) is 45.1 Å². The van der Waals surface area contributed by atoms with Crippen LogP contribution in [-0.2, 0) is 13.6 Å². The van der Waals surface area contributed by atoms with Crippen molar-refractivity contribution in [2.75, 3.05) is 13.1 Å². The molecule has 4 heteroatoms. The molecule has 4 nitrogen and oxygen atoms in total. The molecular formula is C16H28N4. The van der Waals surface area contributed by atoms with Crippen LogP contribution in [0.2, 0.25) is 0 Å². The molecule has 1 saturated heterocycles. The highest BCUT2D eigenvalue weighted by Gasteiger charge is 2.41. The molecule has 1 aromatic rings. The average molecular weight is 276 g/mol. The zero-order valence-corrected chi connectivity index (χ0v) is 13.3. The van der Waals surface area contributed by atoms with Gasteiger partial charge in [0.25, 0.3) is 0 Å². The van der Waals surface area contributed by atoms with Gasteiger partial charge in [-0.15, -0.1) is 0 Å². The second-order valence-electron chi connectivity index (χ2n) is 7.01. The van der Waals surface area contributed by atoms with Gasteiger partial charge in [0.2, 0.25) is 0 Å². The van der Waals surface area contributed by atoms with Crippen LogP contribution in [-0.4, -0.2) is 39.4 Å². The molecular weight excluding hydrogens is 248 g/mol. The van der Waals surface area contributed by atoms with Gasteiger partial charge in [0.15, 0.2) is 0 Å². The number of nitrogens with one attached hydrogen (secondary N) is 1. The van der Waals surface area contributed by atoms with Gasteiger partial charge in [-0.1, -0.05) is 6.92 Å². The van der Waals surface area contributed by atoms with E-state index in [1.54, 1.807) is 0 Å². The Morgan fingerprint density at radius 2 is 2.20 bits per heavy atom. The highest BCUT2D eigenvalue weighted by atomic mass is 15.3. The summed E-state index contributed by atoms with van der Waals surface area (Å²) in [6.45, 7) is 10.1. The maximum atomic E-state index is 4.49. The molecule has 2 unspecified atom stereocenters. The summed E-state index contributed by atoms with van der Waals surface area (Å²) < 4.78 is 2.05. The van der Waals surface area contributed by atoms with Crippen molar-refractivity contribution in [3.8, 4) is 0 Å². The van der Waals surface area contributed by atoms with Crippen LogP contribution >= 0.6 is 0 Å². The Balaban J connectivity index is 1.77. The maximum absolute atomic E-state index is 4.49. The van der Waals surface area contributed by atoms with Crippen molar-refractivity contribution in [1.29, 1.82) is 0 Å². The molecule has 2 fully saturated rings. The lowest BCUT2D eigenvalue weighted by Gasteiger charge is -2.46. The van der Waals surface area contributed by atoms with E-state index in [1.165, 1.54) is 25.0 Å². The summed E-state index contributed by atoms with van der Waals surface area (Å²) in [5, 5.41) is 8.28. The third-order valence-corrected chi connectivity index (χ3v) is 5.17. The van der Waals surface area contributed by atoms with Crippen LogP contribution in [0, 0.1) is 12.8 Å². The number of rotatable bonds is 4. The number of nitrogens with zero attached hydrogens (tertiary/aromatic N) is 3. The molecule has 2 aliphatic rings. The Hall–Kier alpha value is -0.870. The van der Waals surface area contributed by atoms with Gasteiger partial charge in [-0.2, -0.15) is 5.10 Å². The van der Waals surface area contributed by atoms with Crippen LogP contribution in [0.5, 0.6) is 0 Å². The van der Waals surface area contributed by atoms with E-state index in [-0.39, 0.29) is 5.54 Å².